The highest BCUT2D eigenvalue weighted by molar-refractivity contribution is 7.80. The normalized spacial score (nSPS) is 20.3. The number of rotatable bonds is 4. The summed E-state index contributed by atoms with van der Waals surface area (Å²) in [5.41, 5.74) is 4.94. The molecule has 0 unspecified atom stereocenters. The van der Waals surface area contributed by atoms with E-state index in [0.717, 1.165) is 16.5 Å². The molecule has 2 aliphatic rings. The summed E-state index contributed by atoms with van der Waals surface area (Å²) in [5.74, 6) is 0. The van der Waals surface area contributed by atoms with Crippen LogP contribution in [0.1, 0.15) is 76.8 Å². The Morgan fingerprint density at radius 3 is 2.16 bits per heavy atom. The number of thiocarbonyl (C=S) groups is 1. The summed E-state index contributed by atoms with van der Waals surface area (Å²) >= 11 is 5.79. The molecule has 1 aromatic heterocycles. The van der Waals surface area contributed by atoms with Crippen molar-refractivity contribution in [3.63, 3.8) is 0 Å². The third kappa shape index (κ3) is 5.00. The molecule has 0 aromatic carbocycles. The topological polar surface area (TPSA) is 40.5 Å². The van der Waals surface area contributed by atoms with Gasteiger partial charge in [0.2, 0.25) is 0 Å². The summed E-state index contributed by atoms with van der Waals surface area (Å²) in [6.45, 7) is 1.98. The van der Waals surface area contributed by atoms with Crippen LogP contribution in [-0.4, -0.2) is 32.8 Å². The smallest absolute Gasteiger partial charge is 0.190 e. The second-order valence-electron chi connectivity index (χ2n) is 7.32. The van der Waals surface area contributed by atoms with Gasteiger partial charge in [0.1, 0.15) is 0 Å². The van der Waals surface area contributed by atoms with Crippen LogP contribution >= 0.6 is 12.2 Å². The minimum absolute atomic E-state index is 0.585. The molecule has 2 aliphatic carbocycles. The predicted molar refractivity (Wildman–Crippen MR) is 108 cm³/mol. The van der Waals surface area contributed by atoms with Gasteiger partial charge in [-0.25, -0.2) is 0 Å². The molecule has 0 amide bonds. The maximum absolute atomic E-state index is 5.79. The predicted octanol–water partition coefficient (Wildman–Crippen LogP) is 4.65. The van der Waals surface area contributed by atoms with E-state index < -0.39 is 0 Å². The Balaban J connectivity index is 1.69. The number of pyridine rings is 1. The molecule has 2 fully saturated rings. The van der Waals surface area contributed by atoms with E-state index in [9.17, 15) is 0 Å². The first kappa shape index (κ1) is 18.3. The van der Waals surface area contributed by atoms with Crippen LogP contribution in [-0.2, 0) is 0 Å². The quantitative estimate of drug-likeness (QED) is 0.483. The largest absolute Gasteiger partial charge is 0.342 e. The van der Waals surface area contributed by atoms with Gasteiger partial charge in [-0.15, -0.1) is 0 Å². The first-order chi connectivity index (χ1) is 12.3. The molecule has 5 heteroatoms. The van der Waals surface area contributed by atoms with E-state index in [-0.39, 0.29) is 0 Å². The van der Waals surface area contributed by atoms with Crippen molar-refractivity contribution in [2.24, 2.45) is 5.10 Å². The Bertz CT molecular complexity index is 557. The van der Waals surface area contributed by atoms with Crippen molar-refractivity contribution in [2.75, 3.05) is 0 Å². The average molecular weight is 359 g/mol. The molecule has 0 atom stereocenters. The fourth-order valence-corrected chi connectivity index (χ4v) is 4.52. The Morgan fingerprint density at radius 1 is 1.04 bits per heavy atom. The molecule has 0 spiro atoms. The fraction of sp³-hybridized carbons (Fsp3) is 0.650. The van der Waals surface area contributed by atoms with Crippen molar-refractivity contribution in [1.29, 1.82) is 0 Å². The molecule has 25 heavy (non-hydrogen) atoms. The van der Waals surface area contributed by atoms with E-state index in [4.69, 9.17) is 12.2 Å². The number of nitrogens with one attached hydrogen (secondary N) is 1. The van der Waals surface area contributed by atoms with Crippen LogP contribution in [0.2, 0.25) is 0 Å². The number of hydrogen-bond donors (Lipinski definition) is 1. The molecule has 1 aromatic rings. The third-order valence-electron chi connectivity index (χ3n) is 5.53. The minimum Gasteiger partial charge on any atom is -0.342 e. The maximum atomic E-state index is 5.79. The van der Waals surface area contributed by atoms with Crippen LogP contribution in [0.25, 0.3) is 0 Å². The van der Waals surface area contributed by atoms with Gasteiger partial charge in [0.05, 0.1) is 11.4 Å². The lowest BCUT2D eigenvalue weighted by Crippen LogP contribution is -2.51. The van der Waals surface area contributed by atoms with Crippen molar-refractivity contribution in [3.05, 3.63) is 30.1 Å². The molecular formula is C20H30N4S. The Morgan fingerprint density at radius 2 is 1.64 bits per heavy atom. The number of hydrazone groups is 1. The standard InChI is InChI=1S/C20H30N4S/c1-16(19-14-8-9-15-21-19)22-23-20(25)24(17-10-4-2-5-11-17)18-12-6-3-7-13-18/h8-9,14-15,17-18H,2-7,10-13H2,1H3,(H,23,25). The number of hydrogen-bond acceptors (Lipinski definition) is 3. The fourth-order valence-electron chi connectivity index (χ4n) is 4.17. The Kier molecular flexibility index (Phi) is 6.79. The minimum atomic E-state index is 0.585. The van der Waals surface area contributed by atoms with Crippen molar-refractivity contribution in [1.82, 2.24) is 15.3 Å². The monoisotopic (exact) mass is 358 g/mol. The van der Waals surface area contributed by atoms with Crippen molar-refractivity contribution in [2.45, 2.75) is 83.2 Å². The average Bonchev–Trinajstić information content (AvgIpc) is 2.69. The van der Waals surface area contributed by atoms with Crippen molar-refractivity contribution < 1.29 is 0 Å². The first-order valence-corrected chi connectivity index (χ1v) is 10.2. The van der Waals surface area contributed by atoms with E-state index in [1.165, 1.54) is 64.2 Å². The van der Waals surface area contributed by atoms with Gasteiger partial charge in [-0.3, -0.25) is 10.4 Å². The van der Waals surface area contributed by atoms with Gasteiger partial charge in [0.15, 0.2) is 5.11 Å². The molecule has 0 bridgehead atoms. The van der Waals surface area contributed by atoms with Crippen LogP contribution in [0, 0.1) is 0 Å². The summed E-state index contributed by atoms with van der Waals surface area (Å²) in [6, 6.07) is 7.05. The molecule has 136 valence electrons. The van der Waals surface area contributed by atoms with Gasteiger partial charge in [-0.1, -0.05) is 44.6 Å². The van der Waals surface area contributed by atoms with Gasteiger partial charge >= 0.3 is 0 Å². The summed E-state index contributed by atoms with van der Waals surface area (Å²) in [5, 5.41) is 5.33. The zero-order valence-electron chi connectivity index (χ0n) is 15.3. The number of aromatic nitrogens is 1. The molecule has 4 nitrogen and oxygen atoms in total. The summed E-state index contributed by atoms with van der Waals surface area (Å²) in [4.78, 5) is 6.86. The van der Waals surface area contributed by atoms with E-state index >= 15 is 0 Å². The van der Waals surface area contributed by atoms with Crippen LogP contribution < -0.4 is 5.43 Å². The highest BCUT2D eigenvalue weighted by Gasteiger charge is 2.30. The van der Waals surface area contributed by atoms with E-state index in [0.29, 0.717) is 12.1 Å². The van der Waals surface area contributed by atoms with E-state index in [1.54, 1.807) is 6.20 Å². The van der Waals surface area contributed by atoms with Gasteiger partial charge in [0, 0.05) is 18.3 Å². The molecular weight excluding hydrogens is 328 g/mol. The molecule has 1 N–H and O–H groups in total. The van der Waals surface area contributed by atoms with Crippen LogP contribution in [0.5, 0.6) is 0 Å². The lowest BCUT2D eigenvalue weighted by atomic mass is 9.89. The van der Waals surface area contributed by atoms with Crippen molar-refractivity contribution in [3.8, 4) is 0 Å². The second-order valence-corrected chi connectivity index (χ2v) is 7.71. The zero-order chi connectivity index (χ0) is 17.5. The Labute approximate surface area is 157 Å². The van der Waals surface area contributed by atoms with Gasteiger partial charge < -0.3 is 4.90 Å². The van der Waals surface area contributed by atoms with E-state index in [2.05, 4.69) is 20.4 Å². The van der Waals surface area contributed by atoms with Gasteiger partial charge in [-0.2, -0.15) is 5.10 Å². The van der Waals surface area contributed by atoms with E-state index in [1.807, 2.05) is 25.1 Å². The molecule has 0 aliphatic heterocycles. The molecule has 0 saturated heterocycles. The van der Waals surface area contributed by atoms with Crippen LogP contribution in [0.3, 0.4) is 0 Å². The summed E-state index contributed by atoms with van der Waals surface area (Å²) in [6.07, 6.45) is 14.9. The zero-order valence-corrected chi connectivity index (χ0v) is 16.1. The molecule has 3 rings (SSSR count). The second kappa shape index (κ2) is 9.27. The third-order valence-corrected chi connectivity index (χ3v) is 5.83. The summed E-state index contributed by atoms with van der Waals surface area (Å²) in [7, 11) is 0. The van der Waals surface area contributed by atoms with Gasteiger partial charge in [0.25, 0.3) is 0 Å². The number of nitrogens with zero attached hydrogens (tertiary/aromatic N) is 3. The highest BCUT2D eigenvalue weighted by atomic mass is 32.1. The van der Waals surface area contributed by atoms with Crippen LogP contribution in [0.4, 0.5) is 0 Å². The summed E-state index contributed by atoms with van der Waals surface area (Å²) < 4.78 is 0. The Hall–Kier alpha value is -1.49. The maximum Gasteiger partial charge on any atom is 0.190 e. The molecule has 1 heterocycles. The lowest BCUT2D eigenvalue weighted by molar-refractivity contribution is 0.156. The van der Waals surface area contributed by atoms with Gasteiger partial charge in [-0.05, 0) is 57.0 Å². The lowest BCUT2D eigenvalue weighted by Gasteiger charge is -2.42. The highest BCUT2D eigenvalue weighted by Crippen LogP contribution is 2.30. The SMILES string of the molecule is CC(=NNC(=S)N(C1CCCCC1)C1CCCCC1)c1ccccn1. The molecule has 0 radical (unpaired) electrons. The van der Waals surface area contributed by atoms with Crippen molar-refractivity contribution >= 4 is 23.0 Å². The first-order valence-electron chi connectivity index (χ1n) is 9.79. The molecule has 2 saturated carbocycles. The van der Waals surface area contributed by atoms with Crippen LogP contribution in [0.15, 0.2) is 29.5 Å².